The molecule has 0 spiro atoms. The lowest BCUT2D eigenvalue weighted by Crippen LogP contribution is -2.21. The van der Waals surface area contributed by atoms with Crippen molar-refractivity contribution in [1.29, 1.82) is 0 Å². The highest BCUT2D eigenvalue weighted by molar-refractivity contribution is 9.09. The highest BCUT2D eigenvalue weighted by Crippen LogP contribution is 2.32. The van der Waals surface area contributed by atoms with E-state index >= 15 is 0 Å². The minimum absolute atomic E-state index is 0.200. The summed E-state index contributed by atoms with van der Waals surface area (Å²) in [5.41, 5.74) is 0. The molecule has 1 atom stereocenters. The van der Waals surface area contributed by atoms with Crippen molar-refractivity contribution in [1.82, 2.24) is 0 Å². The molecule has 74 valence electrons. The van der Waals surface area contributed by atoms with Gasteiger partial charge >= 0.3 is 6.18 Å². The fourth-order valence-corrected chi connectivity index (χ4v) is 1.48. The normalized spacial score (nSPS) is 14.8. The molecule has 0 saturated heterocycles. The first-order chi connectivity index (χ1) is 5.52. The molecule has 0 saturated carbocycles. The second-order valence-electron chi connectivity index (χ2n) is 2.83. The zero-order valence-electron chi connectivity index (χ0n) is 7.12. The Labute approximate surface area is 79.7 Å². The van der Waals surface area contributed by atoms with Crippen LogP contribution < -0.4 is 0 Å². The zero-order valence-corrected chi connectivity index (χ0v) is 8.71. The van der Waals surface area contributed by atoms with E-state index in [9.17, 15) is 13.2 Å². The lowest BCUT2D eigenvalue weighted by Gasteiger charge is -2.17. The molecule has 0 aliphatic carbocycles. The Bertz CT molecular complexity index is 111. The molecular formula is C8H14BrF3. The van der Waals surface area contributed by atoms with Gasteiger partial charge in [-0.05, 0) is 19.3 Å². The first-order valence-corrected chi connectivity index (χ1v) is 5.27. The van der Waals surface area contributed by atoms with Crippen LogP contribution in [0, 0.1) is 5.92 Å². The van der Waals surface area contributed by atoms with Gasteiger partial charge in [0.1, 0.15) is 0 Å². The van der Waals surface area contributed by atoms with E-state index in [2.05, 4.69) is 15.9 Å². The van der Waals surface area contributed by atoms with Crippen molar-refractivity contribution < 1.29 is 13.2 Å². The molecule has 0 fully saturated rings. The fraction of sp³-hybridized carbons (Fsp3) is 1.00. The molecule has 1 unspecified atom stereocenters. The van der Waals surface area contributed by atoms with Crippen LogP contribution >= 0.6 is 15.9 Å². The number of halogens is 4. The molecule has 0 aliphatic rings. The van der Waals surface area contributed by atoms with E-state index in [1.54, 1.807) is 6.92 Å². The standard InChI is InChI=1S/C8H14BrF3/c1-2-7(8(10,11)12)5-3-4-6-9/h7H,2-6H2,1H3. The molecule has 0 aromatic rings. The van der Waals surface area contributed by atoms with Crippen molar-refractivity contribution in [3.8, 4) is 0 Å². The predicted molar refractivity (Wildman–Crippen MR) is 47.5 cm³/mol. The second kappa shape index (κ2) is 5.84. The van der Waals surface area contributed by atoms with Gasteiger partial charge in [0.05, 0.1) is 5.92 Å². The molecule has 0 heterocycles. The van der Waals surface area contributed by atoms with Crippen LogP contribution in [0.2, 0.25) is 0 Å². The molecular weight excluding hydrogens is 233 g/mol. The minimum Gasteiger partial charge on any atom is -0.171 e. The summed E-state index contributed by atoms with van der Waals surface area (Å²) < 4.78 is 36.4. The topological polar surface area (TPSA) is 0 Å². The SMILES string of the molecule is CCC(CCCCBr)C(F)(F)F. The molecule has 0 aromatic heterocycles. The summed E-state index contributed by atoms with van der Waals surface area (Å²) in [5.74, 6) is -1.10. The van der Waals surface area contributed by atoms with E-state index in [0.717, 1.165) is 11.8 Å². The van der Waals surface area contributed by atoms with Crippen LogP contribution in [0.15, 0.2) is 0 Å². The monoisotopic (exact) mass is 246 g/mol. The molecule has 0 aromatic carbocycles. The highest BCUT2D eigenvalue weighted by Gasteiger charge is 2.37. The summed E-state index contributed by atoms with van der Waals surface area (Å²) in [6, 6.07) is 0. The van der Waals surface area contributed by atoms with Crippen molar-refractivity contribution >= 4 is 15.9 Å². The molecule has 0 nitrogen and oxygen atoms in total. The first kappa shape index (κ1) is 12.3. The number of unbranched alkanes of at least 4 members (excludes halogenated alkanes) is 1. The van der Waals surface area contributed by atoms with E-state index in [1.165, 1.54) is 0 Å². The van der Waals surface area contributed by atoms with E-state index in [1.807, 2.05) is 0 Å². The van der Waals surface area contributed by atoms with Crippen molar-refractivity contribution in [3.05, 3.63) is 0 Å². The van der Waals surface area contributed by atoms with Crippen LogP contribution in [0.5, 0.6) is 0 Å². The molecule has 0 N–H and O–H groups in total. The van der Waals surface area contributed by atoms with Gasteiger partial charge in [-0.3, -0.25) is 0 Å². The van der Waals surface area contributed by atoms with Crippen LogP contribution in [0.1, 0.15) is 32.6 Å². The van der Waals surface area contributed by atoms with Gasteiger partial charge in [-0.25, -0.2) is 0 Å². The van der Waals surface area contributed by atoms with Crippen molar-refractivity contribution in [2.24, 2.45) is 5.92 Å². The molecule has 0 bridgehead atoms. The molecule has 12 heavy (non-hydrogen) atoms. The van der Waals surface area contributed by atoms with Gasteiger partial charge in [0.2, 0.25) is 0 Å². The Kier molecular flexibility index (Phi) is 5.97. The maximum atomic E-state index is 12.1. The number of rotatable bonds is 5. The number of hydrogen-bond donors (Lipinski definition) is 0. The largest absolute Gasteiger partial charge is 0.391 e. The highest BCUT2D eigenvalue weighted by atomic mass is 79.9. The maximum absolute atomic E-state index is 12.1. The van der Waals surface area contributed by atoms with Crippen LogP contribution in [-0.2, 0) is 0 Å². The van der Waals surface area contributed by atoms with Gasteiger partial charge < -0.3 is 0 Å². The Morgan fingerprint density at radius 1 is 1.25 bits per heavy atom. The minimum atomic E-state index is -4.00. The van der Waals surface area contributed by atoms with Crippen molar-refractivity contribution in [3.63, 3.8) is 0 Å². The zero-order chi connectivity index (χ0) is 9.61. The van der Waals surface area contributed by atoms with Crippen LogP contribution in [0.3, 0.4) is 0 Å². The molecule has 0 radical (unpaired) electrons. The quantitative estimate of drug-likeness (QED) is 0.506. The molecule has 0 amide bonds. The third kappa shape index (κ3) is 5.01. The van der Waals surface area contributed by atoms with Gasteiger partial charge in [0.25, 0.3) is 0 Å². The Hall–Kier alpha value is 0.270. The Morgan fingerprint density at radius 3 is 2.17 bits per heavy atom. The Morgan fingerprint density at radius 2 is 1.83 bits per heavy atom. The molecule has 0 rings (SSSR count). The summed E-state index contributed by atoms with van der Waals surface area (Å²) in [4.78, 5) is 0. The first-order valence-electron chi connectivity index (χ1n) is 4.15. The Balaban J connectivity index is 3.68. The number of hydrogen-bond acceptors (Lipinski definition) is 0. The lowest BCUT2D eigenvalue weighted by molar-refractivity contribution is -0.177. The predicted octanol–water partition coefficient (Wildman–Crippen LogP) is 4.14. The fourth-order valence-electron chi connectivity index (χ4n) is 1.08. The van der Waals surface area contributed by atoms with Gasteiger partial charge in [-0.2, -0.15) is 13.2 Å². The number of alkyl halides is 4. The summed E-state index contributed by atoms with van der Waals surface area (Å²) in [6.45, 7) is 1.59. The van der Waals surface area contributed by atoms with Crippen LogP contribution in [-0.4, -0.2) is 11.5 Å². The lowest BCUT2D eigenvalue weighted by atomic mass is 9.99. The van der Waals surface area contributed by atoms with E-state index < -0.39 is 12.1 Å². The van der Waals surface area contributed by atoms with Crippen molar-refractivity contribution in [2.45, 2.75) is 38.8 Å². The average Bonchev–Trinajstić information content (AvgIpc) is 1.95. The van der Waals surface area contributed by atoms with Crippen LogP contribution in [0.25, 0.3) is 0 Å². The van der Waals surface area contributed by atoms with E-state index in [-0.39, 0.29) is 12.8 Å². The third-order valence-electron chi connectivity index (χ3n) is 1.89. The smallest absolute Gasteiger partial charge is 0.171 e. The summed E-state index contributed by atoms with van der Waals surface area (Å²) in [6.07, 6.45) is -2.05. The van der Waals surface area contributed by atoms with E-state index in [0.29, 0.717) is 6.42 Å². The molecule has 0 aliphatic heterocycles. The summed E-state index contributed by atoms with van der Waals surface area (Å²) >= 11 is 3.19. The van der Waals surface area contributed by atoms with Gasteiger partial charge in [0.15, 0.2) is 0 Å². The third-order valence-corrected chi connectivity index (χ3v) is 2.45. The van der Waals surface area contributed by atoms with Crippen LogP contribution in [0.4, 0.5) is 13.2 Å². The van der Waals surface area contributed by atoms with Gasteiger partial charge in [0, 0.05) is 5.33 Å². The van der Waals surface area contributed by atoms with Gasteiger partial charge in [-0.15, -0.1) is 0 Å². The van der Waals surface area contributed by atoms with Crippen molar-refractivity contribution in [2.75, 3.05) is 5.33 Å². The van der Waals surface area contributed by atoms with Gasteiger partial charge in [-0.1, -0.05) is 29.3 Å². The van der Waals surface area contributed by atoms with E-state index in [4.69, 9.17) is 0 Å². The summed E-state index contributed by atoms with van der Waals surface area (Å²) in [5, 5.41) is 0.793. The maximum Gasteiger partial charge on any atom is 0.391 e. The molecule has 4 heteroatoms. The second-order valence-corrected chi connectivity index (χ2v) is 3.62. The average molecular weight is 247 g/mol. The summed E-state index contributed by atoms with van der Waals surface area (Å²) in [7, 11) is 0.